The highest BCUT2D eigenvalue weighted by atomic mass is 32.2. The van der Waals surface area contributed by atoms with E-state index in [1.807, 2.05) is 13.8 Å². The smallest absolute Gasteiger partial charge is 0.286 e. The number of aromatic nitrogens is 3. The lowest BCUT2D eigenvalue weighted by molar-refractivity contribution is 0.580. The van der Waals surface area contributed by atoms with Crippen LogP contribution in [0.5, 0.6) is 0 Å². The summed E-state index contributed by atoms with van der Waals surface area (Å²) in [6, 6.07) is 6.50. The van der Waals surface area contributed by atoms with Gasteiger partial charge in [0.25, 0.3) is 10.0 Å². The fourth-order valence-electron chi connectivity index (χ4n) is 1.49. The van der Waals surface area contributed by atoms with Crippen LogP contribution in [0.1, 0.15) is 18.3 Å². The zero-order chi connectivity index (χ0) is 13.3. The first kappa shape index (κ1) is 12.6. The number of nitrogens with two attached hydrogens (primary N) is 1. The first-order chi connectivity index (χ1) is 8.45. The molecule has 1 heterocycles. The average Bonchev–Trinajstić information content (AvgIpc) is 2.72. The number of nitrogens with zero attached hydrogens (tertiary/aromatic N) is 3. The van der Waals surface area contributed by atoms with E-state index in [2.05, 4.69) is 10.1 Å². The molecule has 0 saturated carbocycles. The number of hydrogen-bond donors (Lipinski definition) is 1. The first-order valence-electron chi connectivity index (χ1n) is 5.49. The fraction of sp³-hybridized carbons (Fsp3) is 0.273. The molecule has 2 N–H and O–H groups in total. The lowest BCUT2D eigenvalue weighted by Crippen LogP contribution is -2.17. The van der Waals surface area contributed by atoms with Crippen LogP contribution < -0.4 is 5.73 Å². The molecular formula is C11H14N4O2S. The van der Waals surface area contributed by atoms with Crippen LogP contribution in [0, 0.1) is 6.92 Å². The van der Waals surface area contributed by atoms with Crippen molar-refractivity contribution in [2.75, 3.05) is 5.73 Å². The van der Waals surface area contributed by atoms with Gasteiger partial charge in [-0.1, -0.05) is 24.6 Å². The third-order valence-corrected chi connectivity index (χ3v) is 4.10. The highest BCUT2D eigenvalue weighted by Crippen LogP contribution is 2.16. The molecule has 0 aliphatic rings. The van der Waals surface area contributed by atoms with Crippen molar-refractivity contribution in [3.63, 3.8) is 0 Å². The van der Waals surface area contributed by atoms with Crippen molar-refractivity contribution in [1.29, 1.82) is 0 Å². The van der Waals surface area contributed by atoms with Gasteiger partial charge < -0.3 is 5.73 Å². The summed E-state index contributed by atoms with van der Waals surface area (Å²) in [5.74, 6) is 0.288. The maximum Gasteiger partial charge on any atom is 0.286 e. The molecule has 0 bridgehead atoms. The SMILES string of the molecule is CCc1nc(N)n(S(=O)(=O)c2ccc(C)cc2)n1. The molecular weight excluding hydrogens is 252 g/mol. The van der Waals surface area contributed by atoms with Gasteiger partial charge in [-0.3, -0.25) is 0 Å². The summed E-state index contributed by atoms with van der Waals surface area (Å²) in [5, 5.41) is 3.89. The van der Waals surface area contributed by atoms with Crippen LogP contribution in [0.3, 0.4) is 0 Å². The minimum Gasteiger partial charge on any atom is -0.367 e. The van der Waals surface area contributed by atoms with Gasteiger partial charge >= 0.3 is 0 Å². The van der Waals surface area contributed by atoms with E-state index >= 15 is 0 Å². The fourth-order valence-corrected chi connectivity index (χ4v) is 2.66. The lowest BCUT2D eigenvalue weighted by atomic mass is 10.2. The van der Waals surface area contributed by atoms with Gasteiger partial charge in [-0.25, -0.2) is 0 Å². The second-order valence-electron chi connectivity index (χ2n) is 3.90. The molecule has 0 aliphatic heterocycles. The van der Waals surface area contributed by atoms with Gasteiger partial charge in [0.15, 0.2) is 5.82 Å². The number of anilines is 1. The van der Waals surface area contributed by atoms with E-state index in [9.17, 15) is 8.42 Å². The largest absolute Gasteiger partial charge is 0.367 e. The summed E-state index contributed by atoms with van der Waals surface area (Å²) in [6.45, 7) is 3.72. The maximum absolute atomic E-state index is 12.3. The highest BCUT2D eigenvalue weighted by Gasteiger charge is 2.21. The molecule has 0 aliphatic carbocycles. The molecule has 6 nitrogen and oxygen atoms in total. The Morgan fingerprint density at radius 1 is 1.28 bits per heavy atom. The van der Waals surface area contributed by atoms with Gasteiger partial charge in [0.2, 0.25) is 5.95 Å². The van der Waals surface area contributed by atoms with E-state index in [1.165, 1.54) is 12.1 Å². The summed E-state index contributed by atoms with van der Waals surface area (Å²) in [6.07, 6.45) is 0.528. The third-order valence-electron chi connectivity index (χ3n) is 2.51. The molecule has 0 amide bonds. The standard InChI is InChI=1S/C11H14N4O2S/c1-3-10-13-11(12)15(14-10)18(16,17)9-6-4-8(2)5-7-9/h4-7H,3H2,1-2H3,(H2,12,13,14). The molecule has 0 radical (unpaired) electrons. The minimum absolute atomic E-state index is 0.118. The van der Waals surface area contributed by atoms with Crippen molar-refractivity contribution in [1.82, 2.24) is 14.2 Å². The molecule has 96 valence electrons. The quantitative estimate of drug-likeness (QED) is 0.893. The normalized spacial score (nSPS) is 11.7. The van der Waals surface area contributed by atoms with Gasteiger partial charge in [0, 0.05) is 6.42 Å². The van der Waals surface area contributed by atoms with E-state index < -0.39 is 10.0 Å². The zero-order valence-electron chi connectivity index (χ0n) is 10.2. The number of benzene rings is 1. The molecule has 0 atom stereocenters. The second kappa shape index (κ2) is 4.41. The van der Waals surface area contributed by atoms with Crippen LogP contribution in [0.15, 0.2) is 29.2 Å². The third kappa shape index (κ3) is 2.08. The van der Waals surface area contributed by atoms with Gasteiger partial charge in [0.05, 0.1) is 4.90 Å². The van der Waals surface area contributed by atoms with Gasteiger partial charge in [-0.15, -0.1) is 9.19 Å². The van der Waals surface area contributed by atoms with Gasteiger partial charge in [-0.2, -0.15) is 13.4 Å². The van der Waals surface area contributed by atoms with Crippen molar-refractivity contribution in [2.24, 2.45) is 0 Å². The summed E-state index contributed by atoms with van der Waals surface area (Å²) >= 11 is 0. The van der Waals surface area contributed by atoms with Crippen molar-refractivity contribution in [3.05, 3.63) is 35.7 Å². The maximum atomic E-state index is 12.3. The summed E-state index contributed by atoms with van der Waals surface area (Å²) in [4.78, 5) is 4.03. The van der Waals surface area contributed by atoms with Crippen LogP contribution in [0.4, 0.5) is 5.95 Å². The minimum atomic E-state index is -3.76. The van der Waals surface area contributed by atoms with Crippen LogP contribution in [-0.2, 0) is 16.4 Å². The van der Waals surface area contributed by atoms with E-state index in [-0.39, 0.29) is 10.8 Å². The number of hydrogen-bond acceptors (Lipinski definition) is 5. The number of aryl methyl sites for hydroxylation is 2. The molecule has 0 spiro atoms. The molecule has 7 heteroatoms. The molecule has 0 fully saturated rings. The monoisotopic (exact) mass is 266 g/mol. The Kier molecular flexibility index (Phi) is 3.08. The predicted octanol–water partition coefficient (Wildman–Crippen LogP) is 0.968. The van der Waals surface area contributed by atoms with Crippen molar-refractivity contribution in [3.8, 4) is 0 Å². The molecule has 0 saturated heterocycles. The molecule has 2 rings (SSSR count). The first-order valence-corrected chi connectivity index (χ1v) is 6.93. The zero-order valence-corrected chi connectivity index (χ0v) is 11.0. The van der Waals surface area contributed by atoms with E-state index in [4.69, 9.17) is 5.73 Å². The Hall–Kier alpha value is -1.89. The number of rotatable bonds is 3. The molecule has 0 unspecified atom stereocenters. The van der Waals surface area contributed by atoms with Crippen LogP contribution in [-0.4, -0.2) is 22.6 Å². The average molecular weight is 266 g/mol. The van der Waals surface area contributed by atoms with E-state index in [0.29, 0.717) is 12.2 Å². The lowest BCUT2D eigenvalue weighted by Gasteiger charge is -2.05. The van der Waals surface area contributed by atoms with Crippen LogP contribution in [0.25, 0.3) is 0 Å². The van der Waals surface area contributed by atoms with E-state index in [0.717, 1.165) is 9.65 Å². The van der Waals surface area contributed by atoms with Crippen LogP contribution >= 0.6 is 0 Å². The molecule has 1 aromatic heterocycles. The second-order valence-corrected chi connectivity index (χ2v) is 5.67. The Labute approximate surface area is 106 Å². The summed E-state index contributed by atoms with van der Waals surface area (Å²) in [7, 11) is -3.76. The predicted molar refractivity (Wildman–Crippen MR) is 67.6 cm³/mol. The van der Waals surface area contributed by atoms with Crippen molar-refractivity contribution >= 4 is 16.0 Å². The molecule has 2 aromatic rings. The topological polar surface area (TPSA) is 90.9 Å². The van der Waals surface area contributed by atoms with Crippen molar-refractivity contribution < 1.29 is 8.42 Å². The summed E-state index contributed by atoms with van der Waals surface area (Å²) < 4.78 is 25.3. The molecule has 1 aromatic carbocycles. The molecule has 18 heavy (non-hydrogen) atoms. The van der Waals surface area contributed by atoms with Gasteiger partial charge in [0.1, 0.15) is 0 Å². The Bertz CT molecular complexity index is 659. The Balaban J connectivity index is 2.54. The Morgan fingerprint density at radius 2 is 1.89 bits per heavy atom. The van der Waals surface area contributed by atoms with Crippen LogP contribution in [0.2, 0.25) is 0 Å². The van der Waals surface area contributed by atoms with E-state index in [1.54, 1.807) is 12.1 Å². The number of nitrogen functional groups attached to an aromatic ring is 1. The Morgan fingerprint density at radius 3 is 2.39 bits per heavy atom. The van der Waals surface area contributed by atoms with Gasteiger partial charge in [-0.05, 0) is 19.1 Å². The summed E-state index contributed by atoms with van der Waals surface area (Å²) in [5.41, 5.74) is 6.56. The highest BCUT2D eigenvalue weighted by molar-refractivity contribution is 7.90. The van der Waals surface area contributed by atoms with Crippen molar-refractivity contribution in [2.45, 2.75) is 25.2 Å².